The number of halogens is 2. The number of aromatic nitrogens is 3. The molecule has 0 spiro atoms. The third-order valence-electron chi connectivity index (χ3n) is 4.72. The number of amides is 1. The Balaban J connectivity index is 1.67. The van der Waals surface area contributed by atoms with Gasteiger partial charge in [-0.15, -0.1) is 28.1 Å². The lowest BCUT2D eigenvalue weighted by Gasteiger charge is -2.10. The third kappa shape index (κ3) is 5.96. The number of carbonyl (C=O) groups excluding carboxylic acids is 2. The van der Waals surface area contributed by atoms with Crippen molar-refractivity contribution >= 4 is 51.6 Å². The van der Waals surface area contributed by atoms with E-state index in [1.165, 1.54) is 48.4 Å². The van der Waals surface area contributed by atoms with E-state index in [9.17, 15) is 14.0 Å². The molecule has 0 bridgehead atoms. The van der Waals surface area contributed by atoms with E-state index in [4.69, 9.17) is 21.1 Å². The number of benzene rings is 1. The molecule has 2 aromatic heterocycles. The van der Waals surface area contributed by atoms with Gasteiger partial charge in [0.05, 0.1) is 23.4 Å². The number of nitrogens with one attached hydrogen (secondary N) is 1. The summed E-state index contributed by atoms with van der Waals surface area (Å²) >= 11 is 8.29. The lowest BCUT2D eigenvalue weighted by atomic mass is 10.1. The second-order valence-electron chi connectivity index (χ2n) is 6.98. The van der Waals surface area contributed by atoms with E-state index in [0.717, 1.165) is 10.4 Å². The molecule has 1 amide bonds. The van der Waals surface area contributed by atoms with Gasteiger partial charge in [-0.05, 0) is 31.5 Å². The fourth-order valence-electron chi connectivity index (χ4n) is 2.92. The fraction of sp³-hybridized carbons (Fsp3) is 0.273. The first-order valence-electron chi connectivity index (χ1n) is 9.96. The summed E-state index contributed by atoms with van der Waals surface area (Å²) in [5.41, 5.74) is 1.14. The van der Waals surface area contributed by atoms with Crippen LogP contribution < -0.4 is 10.1 Å². The van der Waals surface area contributed by atoms with Crippen molar-refractivity contribution in [3.8, 4) is 5.75 Å². The lowest BCUT2D eigenvalue weighted by molar-refractivity contribution is -0.113. The Hall–Kier alpha value is -2.89. The molecule has 0 fully saturated rings. The molecular weight excluding hydrogens is 503 g/mol. The van der Waals surface area contributed by atoms with Crippen molar-refractivity contribution in [2.45, 2.75) is 32.2 Å². The van der Waals surface area contributed by atoms with Gasteiger partial charge in [0.15, 0.2) is 11.0 Å². The SMILES string of the molecule is C=CCn1c(COc2ccc(F)c(Cl)c2)nnc1SCC(=O)Nc1sc(C)c(C)c1C(=O)OC. The van der Waals surface area contributed by atoms with Gasteiger partial charge in [0.1, 0.15) is 23.2 Å². The van der Waals surface area contributed by atoms with Crippen molar-refractivity contribution in [2.24, 2.45) is 0 Å². The molecule has 0 saturated carbocycles. The molecule has 2 heterocycles. The molecule has 0 aliphatic rings. The monoisotopic (exact) mass is 524 g/mol. The van der Waals surface area contributed by atoms with Gasteiger partial charge in [-0.25, -0.2) is 9.18 Å². The maximum Gasteiger partial charge on any atom is 0.341 e. The Kier molecular flexibility index (Phi) is 8.70. The second-order valence-corrected chi connectivity index (χ2v) is 9.55. The first kappa shape index (κ1) is 25.7. The Morgan fingerprint density at radius 2 is 2.12 bits per heavy atom. The molecular formula is C22H22ClFN4O4S2. The van der Waals surface area contributed by atoms with Gasteiger partial charge in [-0.3, -0.25) is 9.36 Å². The highest BCUT2D eigenvalue weighted by molar-refractivity contribution is 7.99. The molecule has 0 atom stereocenters. The Morgan fingerprint density at radius 1 is 1.35 bits per heavy atom. The molecule has 0 aliphatic carbocycles. The molecule has 3 rings (SSSR count). The van der Waals surface area contributed by atoms with Gasteiger partial charge >= 0.3 is 5.97 Å². The molecule has 0 saturated heterocycles. The molecule has 1 N–H and O–H groups in total. The Morgan fingerprint density at radius 3 is 2.79 bits per heavy atom. The molecule has 0 radical (unpaired) electrons. The number of thiophene rings is 1. The normalized spacial score (nSPS) is 10.7. The number of nitrogens with zero attached hydrogens (tertiary/aromatic N) is 3. The predicted molar refractivity (Wildman–Crippen MR) is 130 cm³/mol. The summed E-state index contributed by atoms with van der Waals surface area (Å²) in [6.07, 6.45) is 1.67. The quantitative estimate of drug-likeness (QED) is 0.226. The van der Waals surface area contributed by atoms with E-state index in [1.54, 1.807) is 10.6 Å². The molecule has 0 aliphatic heterocycles. The Bertz CT molecular complexity index is 1230. The number of thioether (sulfide) groups is 1. The van der Waals surface area contributed by atoms with Gasteiger partial charge in [0.25, 0.3) is 0 Å². The van der Waals surface area contributed by atoms with Crippen LogP contribution in [0.2, 0.25) is 5.02 Å². The predicted octanol–water partition coefficient (Wildman–Crippen LogP) is 5.03. The van der Waals surface area contributed by atoms with Gasteiger partial charge in [0, 0.05) is 17.5 Å². The number of rotatable bonds is 10. The van der Waals surface area contributed by atoms with Crippen molar-refractivity contribution in [3.05, 3.63) is 63.5 Å². The van der Waals surface area contributed by atoms with Gasteiger partial charge in [0.2, 0.25) is 5.91 Å². The summed E-state index contributed by atoms with van der Waals surface area (Å²) in [6.45, 7) is 7.89. The van der Waals surface area contributed by atoms with Crippen molar-refractivity contribution in [2.75, 3.05) is 18.2 Å². The minimum absolute atomic E-state index is 0.0420. The summed E-state index contributed by atoms with van der Waals surface area (Å²) < 4.78 is 25.6. The lowest BCUT2D eigenvalue weighted by Crippen LogP contribution is -2.16. The van der Waals surface area contributed by atoms with Crippen LogP contribution in [0.5, 0.6) is 5.75 Å². The number of aryl methyl sites for hydroxylation is 1. The molecule has 0 unspecified atom stereocenters. The molecule has 3 aromatic rings. The van der Waals surface area contributed by atoms with E-state index in [-0.39, 0.29) is 23.3 Å². The third-order valence-corrected chi connectivity index (χ3v) is 7.10. The topological polar surface area (TPSA) is 95.3 Å². The average molecular weight is 525 g/mol. The number of esters is 1. The summed E-state index contributed by atoms with van der Waals surface area (Å²) in [7, 11) is 1.30. The molecule has 34 heavy (non-hydrogen) atoms. The van der Waals surface area contributed by atoms with Crippen LogP contribution in [0.15, 0.2) is 36.0 Å². The van der Waals surface area contributed by atoms with Crippen LogP contribution in [-0.4, -0.2) is 39.5 Å². The average Bonchev–Trinajstić information content (AvgIpc) is 3.32. The van der Waals surface area contributed by atoms with E-state index in [0.29, 0.717) is 33.8 Å². The van der Waals surface area contributed by atoms with Crippen LogP contribution in [0.25, 0.3) is 0 Å². The number of hydrogen-bond donors (Lipinski definition) is 1. The zero-order valence-corrected chi connectivity index (χ0v) is 21.1. The molecule has 180 valence electrons. The van der Waals surface area contributed by atoms with Crippen molar-refractivity contribution in [3.63, 3.8) is 0 Å². The maximum atomic E-state index is 13.3. The van der Waals surface area contributed by atoms with Gasteiger partial charge < -0.3 is 14.8 Å². The summed E-state index contributed by atoms with van der Waals surface area (Å²) in [6, 6.07) is 4.06. The number of carbonyl (C=O) groups is 2. The highest BCUT2D eigenvalue weighted by atomic mass is 35.5. The molecule has 1 aromatic carbocycles. The molecule has 8 nitrogen and oxygen atoms in total. The first-order valence-corrected chi connectivity index (χ1v) is 12.1. The van der Waals surface area contributed by atoms with Gasteiger partial charge in [-0.1, -0.05) is 29.4 Å². The van der Waals surface area contributed by atoms with Crippen LogP contribution in [0.3, 0.4) is 0 Å². The first-order chi connectivity index (χ1) is 16.2. The minimum Gasteiger partial charge on any atom is -0.486 e. The summed E-state index contributed by atoms with van der Waals surface area (Å²) in [5, 5.41) is 12.0. The number of methoxy groups -OCH3 is 1. The van der Waals surface area contributed by atoms with E-state index < -0.39 is 11.8 Å². The highest BCUT2D eigenvalue weighted by Crippen LogP contribution is 2.33. The van der Waals surface area contributed by atoms with Crippen LogP contribution in [-0.2, 0) is 22.7 Å². The van der Waals surface area contributed by atoms with E-state index >= 15 is 0 Å². The number of ether oxygens (including phenoxy) is 2. The van der Waals surface area contributed by atoms with Crippen LogP contribution in [0.1, 0.15) is 26.6 Å². The number of hydrogen-bond acceptors (Lipinski definition) is 8. The van der Waals surface area contributed by atoms with Crippen LogP contribution in [0, 0.1) is 19.7 Å². The fourth-order valence-corrected chi connectivity index (χ4v) is 4.92. The number of anilines is 1. The van der Waals surface area contributed by atoms with Crippen molar-refractivity contribution < 1.29 is 23.5 Å². The molecule has 12 heteroatoms. The second kappa shape index (κ2) is 11.5. The highest BCUT2D eigenvalue weighted by Gasteiger charge is 2.22. The standard InChI is InChI=1S/C22H22ClFN4O4S2/c1-5-8-28-17(10-32-14-6-7-16(24)15(23)9-14)26-27-22(28)33-11-18(29)25-20-19(21(30)31-4)12(2)13(3)34-20/h5-7,9H,1,8,10-11H2,2-4H3,(H,25,29). The summed E-state index contributed by atoms with van der Waals surface area (Å²) in [4.78, 5) is 25.6. The maximum absolute atomic E-state index is 13.3. The Labute approximate surface area is 209 Å². The zero-order chi connectivity index (χ0) is 24.8. The van der Waals surface area contributed by atoms with E-state index in [2.05, 4.69) is 22.1 Å². The largest absolute Gasteiger partial charge is 0.486 e. The van der Waals surface area contributed by atoms with Crippen LogP contribution in [0.4, 0.5) is 9.39 Å². The van der Waals surface area contributed by atoms with Crippen molar-refractivity contribution in [1.29, 1.82) is 0 Å². The van der Waals surface area contributed by atoms with Crippen molar-refractivity contribution in [1.82, 2.24) is 14.8 Å². The smallest absolute Gasteiger partial charge is 0.341 e. The van der Waals surface area contributed by atoms with E-state index in [1.807, 2.05) is 13.8 Å². The summed E-state index contributed by atoms with van der Waals surface area (Å²) in [5.74, 6) is -0.407. The zero-order valence-electron chi connectivity index (χ0n) is 18.7. The number of allylic oxidation sites excluding steroid dienone is 1. The van der Waals surface area contributed by atoms with Gasteiger partial charge in [-0.2, -0.15) is 0 Å². The van der Waals surface area contributed by atoms with Crippen LogP contribution >= 0.6 is 34.7 Å². The minimum atomic E-state index is -0.535.